The number of ether oxygens (including phenoxy) is 1. The van der Waals surface area contributed by atoms with Crippen LogP contribution in [0.1, 0.15) is 88.6 Å². The molecule has 0 spiro atoms. The number of imidazole rings is 1. The third kappa shape index (κ3) is 8.28. The minimum atomic E-state index is -2.84. The maximum Gasteiger partial charge on any atom is 2.00 e. The van der Waals surface area contributed by atoms with Gasteiger partial charge in [-0.1, -0.05) is 143 Å². The molecular weight excluding hydrogens is 914 g/mol. The van der Waals surface area contributed by atoms with Crippen molar-refractivity contribution in [1.29, 1.82) is 0 Å². The summed E-state index contributed by atoms with van der Waals surface area (Å²) in [6.07, 6.45) is 1.53. The Morgan fingerprint density at radius 1 is 0.667 bits per heavy atom. The number of benzene rings is 6. The number of hydrogen-bond donors (Lipinski definition) is 0. The largest absolute Gasteiger partial charge is 2.00 e. The average molecular weight is 977 g/mol. The molecule has 8 aromatic rings. The minimum absolute atomic E-state index is 0. The van der Waals surface area contributed by atoms with Crippen LogP contribution in [0.3, 0.4) is 0 Å². The molecule has 60 heavy (non-hydrogen) atoms. The molecule has 2 heterocycles. The molecule has 0 unspecified atom stereocenters. The van der Waals surface area contributed by atoms with Gasteiger partial charge in [-0.05, 0) is 102 Å². The first-order valence-electron chi connectivity index (χ1n) is 24.7. The minimum Gasteiger partial charge on any atom is -0.665 e. The molecule has 2 aromatic heterocycles. The van der Waals surface area contributed by atoms with Gasteiger partial charge in [0.25, 0.3) is 0 Å². The van der Waals surface area contributed by atoms with Crippen molar-refractivity contribution in [2.45, 2.75) is 79.9 Å². The number of hydrogen-bond acceptors (Lipinski definition) is 3. The second-order valence-corrected chi connectivity index (χ2v) is 17.2. The van der Waals surface area contributed by atoms with Crippen molar-refractivity contribution in [3.8, 4) is 67.5 Å². The molecular formula is C55H53N3OPt. The van der Waals surface area contributed by atoms with Crippen molar-refractivity contribution < 1.29 is 39.5 Å². The Kier molecular flexibility index (Phi) is 8.60. The summed E-state index contributed by atoms with van der Waals surface area (Å²) in [5, 5.41) is 0. The molecule has 0 aliphatic heterocycles. The van der Waals surface area contributed by atoms with Crippen LogP contribution < -0.4 is 4.74 Å². The smallest absolute Gasteiger partial charge is 0.665 e. The molecule has 0 fully saturated rings. The van der Waals surface area contributed by atoms with Gasteiger partial charge < -0.3 is 4.74 Å². The van der Waals surface area contributed by atoms with E-state index in [1.54, 1.807) is 24.3 Å². The Labute approximate surface area is 385 Å². The van der Waals surface area contributed by atoms with E-state index in [9.17, 15) is 0 Å². The zero-order valence-corrected chi connectivity index (χ0v) is 37.4. The van der Waals surface area contributed by atoms with E-state index in [0.717, 1.165) is 38.9 Å². The first-order chi connectivity index (χ1) is 32.2. The molecule has 304 valence electrons. The zero-order valence-electron chi connectivity index (χ0n) is 45.1. The van der Waals surface area contributed by atoms with Gasteiger partial charge in [0.05, 0.1) is 33.5 Å². The van der Waals surface area contributed by atoms with Crippen LogP contribution in [-0.2, 0) is 31.9 Å². The number of aromatic nitrogens is 3. The van der Waals surface area contributed by atoms with Crippen molar-refractivity contribution >= 4 is 11.0 Å². The van der Waals surface area contributed by atoms with Gasteiger partial charge in [-0.25, -0.2) is 4.98 Å². The van der Waals surface area contributed by atoms with E-state index in [1.807, 2.05) is 68.4 Å². The Morgan fingerprint density at radius 3 is 2.05 bits per heavy atom. The van der Waals surface area contributed by atoms with Crippen LogP contribution in [0.5, 0.6) is 5.75 Å². The van der Waals surface area contributed by atoms with E-state index in [4.69, 9.17) is 28.4 Å². The van der Waals surface area contributed by atoms with E-state index in [1.165, 1.54) is 6.20 Å². The number of aryl methyl sites for hydroxylation is 3. The standard InChI is InChI=1S/C55H53N3O.Pt/c1-34-15-18-38(19-16-34)40-25-26-56-48(33-40)42-30-41(31-44(32-42)55(8,9)10)45-13-12-14-50-51(45)57-53(47-29-36(3)27-37(4)52(47)59-11)58(50)49-24-17-35(2)28-46(49)39-20-22-43(23-21-39)54(5,6)7;/h12-29,31-33H,11H2,1-10H3;/q-2;+2/i1D3,2D3,15D,16D,18D,19D;. The topological polar surface area (TPSA) is 39.9 Å². The summed E-state index contributed by atoms with van der Waals surface area (Å²) in [7, 11) is 3.84. The first kappa shape index (κ1) is 31.3. The van der Waals surface area contributed by atoms with Crippen molar-refractivity contribution in [2.75, 3.05) is 0 Å². The van der Waals surface area contributed by atoms with Gasteiger partial charge in [-0.3, -0.25) is 9.55 Å². The van der Waals surface area contributed by atoms with Crippen molar-refractivity contribution in [3.05, 3.63) is 174 Å². The summed E-state index contributed by atoms with van der Waals surface area (Å²) in [4.78, 5) is 10.2. The molecule has 0 aliphatic rings. The van der Waals surface area contributed by atoms with E-state index < -0.39 is 43.4 Å². The van der Waals surface area contributed by atoms with E-state index in [2.05, 4.69) is 77.5 Å². The first-order valence-corrected chi connectivity index (χ1v) is 19.7. The van der Waals surface area contributed by atoms with E-state index >= 15 is 0 Å². The van der Waals surface area contributed by atoms with Crippen molar-refractivity contribution in [1.82, 2.24) is 14.5 Å². The number of fused-ring (bicyclic) bond motifs is 1. The normalized spacial score (nSPS) is 14.6. The quantitative estimate of drug-likeness (QED) is 0.149. The summed E-state index contributed by atoms with van der Waals surface area (Å²) in [5.74, 6) is 1.08. The molecule has 0 bridgehead atoms. The molecule has 0 saturated heterocycles. The molecule has 0 aliphatic carbocycles. The maximum absolute atomic E-state index is 8.81. The van der Waals surface area contributed by atoms with Crippen LogP contribution in [0.4, 0.5) is 0 Å². The molecule has 0 radical (unpaired) electrons. The number of para-hydroxylation sites is 1. The van der Waals surface area contributed by atoms with Crippen molar-refractivity contribution in [2.24, 2.45) is 0 Å². The maximum atomic E-state index is 8.81. The van der Waals surface area contributed by atoms with Gasteiger partial charge in [0, 0.05) is 25.7 Å². The third-order valence-electron chi connectivity index (χ3n) is 10.8. The van der Waals surface area contributed by atoms with E-state index in [0.29, 0.717) is 56.3 Å². The van der Waals surface area contributed by atoms with Gasteiger partial charge in [0.15, 0.2) is 0 Å². The monoisotopic (exact) mass is 976 g/mol. The Hall–Kier alpha value is -5.57. The zero-order chi connectivity index (χ0) is 50.3. The number of rotatable bonds is 7. The predicted molar refractivity (Wildman–Crippen MR) is 247 cm³/mol. The molecule has 5 heteroatoms. The molecule has 0 atom stereocenters. The second-order valence-electron chi connectivity index (χ2n) is 17.2. The van der Waals surface area contributed by atoms with Gasteiger partial charge in [-0.15, -0.1) is 29.3 Å². The average Bonchev–Trinajstić information content (AvgIpc) is 3.66. The Bertz CT molecular complexity index is 3300. The summed E-state index contributed by atoms with van der Waals surface area (Å²) in [6, 6.07) is 32.2. The summed E-state index contributed by atoms with van der Waals surface area (Å²) >= 11 is 0. The van der Waals surface area contributed by atoms with Gasteiger partial charge >= 0.3 is 21.1 Å². The summed E-state index contributed by atoms with van der Waals surface area (Å²) < 4.78 is 91.6. The van der Waals surface area contributed by atoms with Gasteiger partial charge in [0.1, 0.15) is 5.82 Å². The van der Waals surface area contributed by atoms with Crippen molar-refractivity contribution in [3.63, 3.8) is 0 Å². The Morgan fingerprint density at radius 2 is 1.37 bits per heavy atom. The number of pyridine rings is 1. The van der Waals surface area contributed by atoms with Crippen LogP contribution in [-0.4, -0.2) is 14.5 Å². The van der Waals surface area contributed by atoms with Gasteiger partial charge in [0.2, 0.25) is 0 Å². The fraction of sp³-hybridized carbons (Fsp3) is 0.218. The van der Waals surface area contributed by atoms with E-state index in [-0.39, 0.29) is 43.0 Å². The summed E-state index contributed by atoms with van der Waals surface area (Å²) in [6.45, 7) is 11.5. The fourth-order valence-corrected chi connectivity index (χ4v) is 7.64. The van der Waals surface area contributed by atoms with Crippen LogP contribution in [0, 0.1) is 40.7 Å². The molecule has 6 aromatic carbocycles. The van der Waals surface area contributed by atoms with Crippen LogP contribution >= 0.6 is 0 Å². The molecule has 8 rings (SSSR count). The molecule has 0 amide bonds. The van der Waals surface area contributed by atoms with Gasteiger partial charge in [-0.2, -0.15) is 7.11 Å². The van der Waals surface area contributed by atoms with Crippen LogP contribution in [0.2, 0.25) is 0 Å². The summed E-state index contributed by atoms with van der Waals surface area (Å²) in [5.41, 5.74) is 10.1. The SMILES string of the molecule is [2H]c1c([2H])c(C([2H])([2H])[2H])c([2H])c([2H])c1-c1ccnc(-c2[c-]c(-c3cccc4c3nc(-c3cc(C)cc(C)c3O[CH2-])n4-c3ccc(C([2H])([2H])[2H])cc3-c3ccc(C(C)(C)C)cc3)cc(C(C)(C)C)c2)c1.[Pt+2]. The Balaban J connectivity index is 0.00000722. The predicted octanol–water partition coefficient (Wildman–Crippen LogP) is 14.6. The van der Waals surface area contributed by atoms with Crippen LogP contribution in [0.15, 0.2) is 127 Å². The van der Waals surface area contributed by atoms with Crippen LogP contribution in [0.25, 0.3) is 72.7 Å². The third-order valence-corrected chi connectivity index (χ3v) is 10.8. The fourth-order valence-electron chi connectivity index (χ4n) is 7.64. The molecule has 0 N–H and O–H groups in total. The second kappa shape index (κ2) is 16.5. The molecule has 4 nitrogen and oxygen atoms in total. The molecule has 0 saturated carbocycles. The number of nitrogens with zero attached hydrogens (tertiary/aromatic N) is 3.